The first kappa shape index (κ1) is 16.2. The Morgan fingerprint density at radius 3 is 2.73 bits per heavy atom. The molecule has 26 heavy (non-hydrogen) atoms. The Morgan fingerprint density at radius 1 is 1.23 bits per heavy atom. The van der Waals surface area contributed by atoms with E-state index in [-0.39, 0.29) is 6.10 Å². The zero-order chi connectivity index (χ0) is 18.4. The highest BCUT2D eigenvalue weighted by molar-refractivity contribution is 5.74. The topological polar surface area (TPSA) is 94.4 Å². The van der Waals surface area contributed by atoms with Gasteiger partial charge in [-0.15, -0.1) is 0 Å². The lowest BCUT2D eigenvalue weighted by atomic mass is 10.2. The van der Waals surface area contributed by atoms with Crippen molar-refractivity contribution in [1.82, 2.24) is 19.1 Å². The van der Waals surface area contributed by atoms with Crippen LogP contribution >= 0.6 is 0 Å². The van der Waals surface area contributed by atoms with E-state index in [2.05, 4.69) is 9.97 Å². The Morgan fingerprint density at radius 2 is 1.96 bits per heavy atom. The lowest BCUT2D eigenvalue weighted by molar-refractivity contribution is 0.0958. The Balaban J connectivity index is 1.63. The van der Waals surface area contributed by atoms with Crippen molar-refractivity contribution in [2.45, 2.75) is 6.10 Å². The van der Waals surface area contributed by atoms with Gasteiger partial charge in [0.15, 0.2) is 28.8 Å². The maximum absolute atomic E-state index is 12.1. The number of fused-ring (bicyclic) bond motifs is 2. The lowest BCUT2D eigenvalue weighted by Gasteiger charge is -2.29. The van der Waals surface area contributed by atoms with Crippen LogP contribution in [0.25, 0.3) is 11.2 Å². The van der Waals surface area contributed by atoms with Crippen molar-refractivity contribution in [2.75, 3.05) is 25.1 Å². The molecule has 9 nitrogen and oxygen atoms in total. The van der Waals surface area contributed by atoms with Gasteiger partial charge in [0.1, 0.15) is 6.61 Å². The van der Waals surface area contributed by atoms with Crippen LogP contribution in [-0.4, -0.2) is 45.4 Å². The number of nitrogens with one attached hydrogen (secondary N) is 1. The SMILES string of the molecule is CN(CC1COc2ccccc2O1)c1nc2c(c(=O)[nH]c(=O)n2C)n1C. The standard InChI is InChI=1S/C17H19N5O4/c1-20(8-10-9-25-11-6-4-5-7-12(11)26-10)16-18-14-13(21(16)2)15(23)19-17(24)22(14)3/h4-7,10H,8-9H2,1-3H3,(H,19,23,24). The summed E-state index contributed by atoms with van der Waals surface area (Å²) in [6, 6.07) is 7.53. The highest BCUT2D eigenvalue weighted by Gasteiger charge is 2.24. The molecule has 0 amide bonds. The molecule has 0 saturated carbocycles. The van der Waals surface area contributed by atoms with Gasteiger partial charge in [-0.25, -0.2) is 4.79 Å². The molecule has 0 spiro atoms. The van der Waals surface area contributed by atoms with Crippen molar-refractivity contribution in [3.05, 3.63) is 45.1 Å². The second-order valence-electron chi connectivity index (χ2n) is 6.34. The van der Waals surface area contributed by atoms with Gasteiger partial charge in [0, 0.05) is 21.1 Å². The predicted molar refractivity (Wildman–Crippen MR) is 96.2 cm³/mol. The fourth-order valence-corrected chi connectivity index (χ4v) is 3.18. The number of para-hydroxylation sites is 2. The van der Waals surface area contributed by atoms with Gasteiger partial charge in [-0.1, -0.05) is 12.1 Å². The van der Waals surface area contributed by atoms with Crippen LogP contribution in [-0.2, 0) is 14.1 Å². The number of likely N-dealkylation sites (N-methyl/N-ethyl adjacent to an activating group) is 1. The summed E-state index contributed by atoms with van der Waals surface area (Å²) < 4.78 is 14.7. The van der Waals surface area contributed by atoms with E-state index in [1.54, 1.807) is 18.7 Å². The number of anilines is 1. The smallest absolute Gasteiger partial charge is 0.329 e. The quantitative estimate of drug-likeness (QED) is 0.721. The molecule has 0 saturated heterocycles. The molecule has 136 valence electrons. The normalized spacial score (nSPS) is 16.0. The van der Waals surface area contributed by atoms with Crippen molar-refractivity contribution in [3.8, 4) is 11.5 Å². The number of nitrogens with zero attached hydrogens (tertiary/aromatic N) is 4. The van der Waals surface area contributed by atoms with Crippen molar-refractivity contribution >= 4 is 17.1 Å². The fourth-order valence-electron chi connectivity index (χ4n) is 3.18. The first-order chi connectivity index (χ1) is 12.5. The summed E-state index contributed by atoms with van der Waals surface area (Å²) in [6.07, 6.45) is -0.184. The number of H-pyrrole nitrogens is 1. The number of hydrogen-bond donors (Lipinski definition) is 1. The maximum atomic E-state index is 12.1. The molecule has 1 N–H and O–H groups in total. The van der Waals surface area contributed by atoms with Crippen molar-refractivity contribution in [1.29, 1.82) is 0 Å². The van der Waals surface area contributed by atoms with Gasteiger partial charge >= 0.3 is 5.69 Å². The Bertz CT molecular complexity index is 1100. The summed E-state index contributed by atoms with van der Waals surface area (Å²) in [7, 11) is 5.18. The minimum Gasteiger partial charge on any atom is -0.486 e. The van der Waals surface area contributed by atoms with E-state index in [4.69, 9.17) is 9.47 Å². The Hall–Kier alpha value is -3.23. The van der Waals surface area contributed by atoms with Crippen LogP contribution < -0.4 is 25.6 Å². The Kier molecular flexibility index (Phi) is 3.71. The molecule has 1 atom stereocenters. The largest absolute Gasteiger partial charge is 0.486 e. The molecule has 9 heteroatoms. The first-order valence-electron chi connectivity index (χ1n) is 8.21. The van der Waals surface area contributed by atoms with Crippen LogP contribution in [0.3, 0.4) is 0 Å². The van der Waals surface area contributed by atoms with Crippen LogP contribution in [0.1, 0.15) is 0 Å². The van der Waals surface area contributed by atoms with Crippen molar-refractivity contribution in [2.24, 2.45) is 14.1 Å². The zero-order valence-electron chi connectivity index (χ0n) is 14.7. The molecule has 0 radical (unpaired) electrons. The number of aromatic nitrogens is 4. The van der Waals surface area contributed by atoms with Gasteiger partial charge in [0.2, 0.25) is 5.95 Å². The average Bonchev–Trinajstić information content (AvgIpc) is 2.98. The molecule has 3 aromatic rings. The molecule has 1 aliphatic rings. The number of hydrogen-bond acceptors (Lipinski definition) is 6. The molecular formula is C17H19N5O4. The van der Waals surface area contributed by atoms with Gasteiger partial charge in [-0.05, 0) is 12.1 Å². The average molecular weight is 357 g/mol. The molecule has 0 aliphatic carbocycles. The zero-order valence-corrected chi connectivity index (χ0v) is 14.7. The highest BCUT2D eigenvalue weighted by atomic mass is 16.6. The molecular weight excluding hydrogens is 338 g/mol. The second kappa shape index (κ2) is 5.94. The number of rotatable bonds is 3. The lowest BCUT2D eigenvalue weighted by Crippen LogP contribution is -2.40. The van der Waals surface area contributed by atoms with Gasteiger partial charge in [0.05, 0.1) is 6.54 Å². The minimum atomic E-state index is -0.490. The van der Waals surface area contributed by atoms with E-state index in [1.807, 2.05) is 36.2 Å². The number of benzene rings is 1. The van der Waals surface area contributed by atoms with Gasteiger partial charge in [0.25, 0.3) is 5.56 Å². The fraction of sp³-hybridized carbons (Fsp3) is 0.353. The van der Waals surface area contributed by atoms with Crippen LogP contribution in [0.15, 0.2) is 33.9 Å². The number of ether oxygens (including phenoxy) is 2. The van der Waals surface area contributed by atoms with Crippen LogP contribution in [0, 0.1) is 0 Å². The van der Waals surface area contributed by atoms with Gasteiger partial charge in [-0.2, -0.15) is 4.98 Å². The van der Waals surface area contributed by atoms with Crippen LogP contribution in [0.5, 0.6) is 11.5 Å². The summed E-state index contributed by atoms with van der Waals surface area (Å²) in [5, 5.41) is 0. The van der Waals surface area contributed by atoms with Gasteiger partial charge < -0.3 is 18.9 Å². The molecule has 0 fully saturated rings. The monoisotopic (exact) mass is 357 g/mol. The van der Waals surface area contributed by atoms with E-state index >= 15 is 0 Å². The molecule has 3 heterocycles. The molecule has 1 aliphatic heterocycles. The summed E-state index contributed by atoms with van der Waals surface area (Å²) in [4.78, 5) is 32.6. The minimum absolute atomic E-state index is 0.184. The molecule has 2 aromatic heterocycles. The number of imidazole rings is 1. The predicted octanol–water partition coefficient (Wildman–Crippen LogP) is 0.237. The maximum Gasteiger partial charge on any atom is 0.329 e. The van der Waals surface area contributed by atoms with Crippen molar-refractivity contribution in [3.63, 3.8) is 0 Å². The summed E-state index contributed by atoms with van der Waals surface area (Å²) >= 11 is 0. The molecule has 4 rings (SSSR count). The molecule has 1 aromatic carbocycles. The van der Waals surface area contributed by atoms with Crippen molar-refractivity contribution < 1.29 is 9.47 Å². The number of aromatic amines is 1. The van der Waals surface area contributed by atoms with E-state index in [9.17, 15) is 9.59 Å². The van der Waals surface area contributed by atoms with Crippen LogP contribution in [0.2, 0.25) is 0 Å². The molecule has 0 bridgehead atoms. The third-order valence-electron chi connectivity index (χ3n) is 4.50. The first-order valence-corrected chi connectivity index (χ1v) is 8.21. The van der Waals surface area contributed by atoms with E-state index in [1.165, 1.54) is 4.57 Å². The third kappa shape index (κ3) is 2.52. The van der Waals surface area contributed by atoms with E-state index < -0.39 is 11.2 Å². The van der Waals surface area contributed by atoms with Crippen LogP contribution in [0.4, 0.5) is 5.95 Å². The summed E-state index contributed by atoms with van der Waals surface area (Å²) in [5.41, 5.74) is -0.256. The van der Waals surface area contributed by atoms with E-state index in [0.29, 0.717) is 36.0 Å². The summed E-state index contributed by atoms with van der Waals surface area (Å²) in [5.74, 6) is 2.01. The van der Waals surface area contributed by atoms with E-state index in [0.717, 1.165) is 5.75 Å². The summed E-state index contributed by atoms with van der Waals surface area (Å²) in [6.45, 7) is 0.932. The highest BCUT2D eigenvalue weighted by Crippen LogP contribution is 2.31. The third-order valence-corrected chi connectivity index (χ3v) is 4.50. The Labute approximate surface area is 148 Å². The second-order valence-corrected chi connectivity index (χ2v) is 6.34. The number of aryl methyl sites for hydroxylation is 2. The molecule has 1 unspecified atom stereocenters. The van der Waals surface area contributed by atoms with Gasteiger partial charge in [-0.3, -0.25) is 14.3 Å².